The first-order valence-corrected chi connectivity index (χ1v) is 13.2. The fraction of sp³-hybridized carbons (Fsp3) is 0.0789. The van der Waals surface area contributed by atoms with E-state index in [9.17, 15) is 0 Å². The summed E-state index contributed by atoms with van der Waals surface area (Å²) in [5.41, 5.74) is 3.73. The van der Waals surface area contributed by atoms with E-state index in [0.717, 1.165) is 49.9 Å². The van der Waals surface area contributed by atoms with E-state index in [4.69, 9.17) is 21.7 Å². The van der Waals surface area contributed by atoms with Gasteiger partial charge in [-0.15, -0.1) is 54.1 Å². The number of pyridine rings is 3. The molecule has 0 N–H and O–H groups in total. The van der Waals surface area contributed by atoms with Gasteiger partial charge in [0, 0.05) is 61.0 Å². The van der Waals surface area contributed by atoms with Crippen LogP contribution >= 0.6 is 0 Å². The number of furan rings is 1. The fourth-order valence-corrected chi connectivity index (χ4v) is 4.95. The van der Waals surface area contributed by atoms with Crippen LogP contribution in [0.3, 0.4) is 0 Å². The number of hydrogen-bond donors (Lipinski definition) is 0. The topological polar surface area (TPSA) is 51.8 Å². The van der Waals surface area contributed by atoms with E-state index in [1.54, 1.807) is 24.3 Å². The van der Waals surface area contributed by atoms with E-state index in [1.165, 1.54) is 12.3 Å². The Hall–Kier alpha value is -4.70. The summed E-state index contributed by atoms with van der Waals surface area (Å²) in [6, 6.07) is 35.8. The quantitative estimate of drug-likeness (QED) is 0.131. The van der Waals surface area contributed by atoms with Crippen molar-refractivity contribution in [2.75, 3.05) is 0 Å². The van der Waals surface area contributed by atoms with Gasteiger partial charge < -0.3 is 14.4 Å². The molecule has 0 aliphatic carbocycles. The van der Waals surface area contributed by atoms with Crippen LogP contribution in [0, 0.1) is 32.7 Å². The van der Waals surface area contributed by atoms with Gasteiger partial charge in [-0.05, 0) is 54.5 Å². The number of benzene rings is 4. The second-order valence-electron chi connectivity index (χ2n) is 9.72. The standard InChI is InChI=1S/C26H17N2O.C12H10N.Ir/c1-15-12-23(27-14-16(15)2)21-9-5-8-20-22-13-18-11-10-17-6-3-4-7-19(17)24(18)28-26(22)29-25(20)21;1-10-7-8-12(13-9-10)11-5-3-2-4-6-11;/h3-8,10-14H,1-2H3;2-5,7-9H,1H3;/q2*-1;/i1D3,2D3;1D3;. The minimum Gasteiger partial charge on any atom is -0.486 e. The van der Waals surface area contributed by atoms with Crippen molar-refractivity contribution in [3.8, 4) is 22.5 Å². The van der Waals surface area contributed by atoms with Crippen molar-refractivity contribution in [1.29, 1.82) is 0 Å². The molecule has 4 aromatic carbocycles. The molecule has 0 bridgehead atoms. The van der Waals surface area contributed by atoms with Crippen LogP contribution in [-0.2, 0) is 20.1 Å². The molecular weight excluding hydrogens is 707 g/mol. The van der Waals surface area contributed by atoms with Gasteiger partial charge in [-0.3, -0.25) is 0 Å². The Labute approximate surface area is 276 Å². The van der Waals surface area contributed by atoms with Gasteiger partial charge in [-0.25, -0.2) is 4.98 Å². The average molecular weight is 743 g/mol. The molecule has 0 saturated heterocycles. The van der Waals surface area contributed by atoms with Crippen LogP contribution in [0.4, 0.5) is 0 Å². The number of hydrogen-bond acceptors (Lipinski definition) is 4. The fourth-order valence-electron chi connectivity index (χ4n) is 4.95. The van der Waals surface area contributed by atoms with Crippen molar-refractivity contribution >= 4 is 43.7 Å². The number of aryl methyl sites for hydroxylation is 3. The molecule has 0 saturated carbocycles. The molecule has 5 heteroatoms. The van der Waals surface area contributed by atoms with Gasteiger partial charge in [0.05, 0.1) is 11.1 Å². The predicted molar refractivity (Wildman–Crippen MR) is 171 cm³/mol. The minimum absolute atomic E-state index is 0. The van der Waals surface area contributed by atoms with Crippen LogP contribution in [0.2, 0.25) is 0 Å². The third-order valence-corrected chi connectivity index (χ3v) is 7.02. The molecule has 1 radical (unpaired) electrons. The molecule has 211 valence electrons. The normalized spacial score (nSPS) is 14.9. The minimum atomic E-state index is -2.62. The first-order valence-electron chi connectivity index (χ1n) is 17.7. The molecule has 8 aromatic rings. The second kappa shape index (κ2) is 11.9. The van der Waals surface area contributed by atoms with E-state index < -0.39 is 20.6 Å². The molecule has 4 heterocycles. The van der Waals surface area contributed by atoms with Gasteiger partial charge in [0.15, 0.2) is 0 Å². The van der Waals surface area contributed by atoms with Gasteiger partial charge in [-0.1, -0.05) is 71.1 Å². The van der Waals surface area contributed by atoms with Crippen molar-refractivity contribution in [1.82, 2.24) is 15.0 Å². The summed E-state index contributed by atoms with van der Waals surface area (Å²) in [6.07, 6.45) is 2.50. The van der Waals surface area contributed by atoms with Crippen molar-refractivity contribution in [2.45, 2.75) is 20.6 Å². The molecule has 8 rings (SSSR count). The molecule has 0 atom stereocenters. The van der Waals surface area contributed by atoms with Crippen LogP contribution in [-0.4, -0.2) is 15.0 Å². The summed E-state index contributed by atoms with van der Waals surface area (Å²) in [4.78, 5) is 13.2. The van der Waals surface area contributed by atoms with Crippen LogP contribution in [0.5, 0.6) is 0 Å². The van der Waals surface area contributed by atoms with Gasteiger partial charge >= 0.3 is 0 Å². The molecule has 4 nitrogen and oxygen atoms in total. The molecule has 43 heavy (non-hydrogen) atoms. The summed E-state index contributed by atoms with van der Waals surface area (Å²) >= 11 is 0. The predicted octanol–water partition coefficient (Wildman–Crippen LogP) is 9.62. The molecule has 4 aromatic heterocycles. The summed E-state index contributed by atoms with van der Waals surface area (Å²) in [5.74, 6) is 0. The van der Waals surface area contributed by atoms with Crippen molar-refractivity contribution < 1.29 is 36.9 Å². The summed E-state index contributed by atoms with van der Waals surface area (Å²) in [5, 5.41) is 4.66. The Morgan fingerprint density at radius 1 is 0.674 bits per heavy atom. The van der Waals surface area contributed by atoms with Gasteiger partial charge in [0.25, 0.3) is 0 Å². The van der Waals surface area contributed by atoms with Crippen molar-refractivity contribution in [3.05, 3.63) is 138 Å². The molecule has 0 unspecified atom stereocenters. The Morgan fingerprint density at radius 3 is 2.35 bits per heavy atom. The zero-order chi connectivity index (χ0) is 36.1. The zero-order valence-corrected chi connectivity index (χ0v) is 24.9. The third kappa shape index (κ3) is 5.46. The Kier molecular flexibility index (Phi) is 5.39. The zero-order valence-electron chi connectivity index (χ0n) is 31.5. The summed E-state index contributed by atoms with van der Waals surface area (Å²) in [7, 11) is 0. The van der Waals surface area contributed by atoms with Crippen molar-refractivity contribution in [2.24, 2.45) is 0 Å². The smallest absolute Gasteiger partial charge is 0.216 e. The molecular formula is C38H27IrN3O-2. The van der Waals surface area contributed by atoms with Gasteiger partial charge in [-0.2, -0.15) is 0 Å². The Balaban J connectivity index is 0.000000230. The Morgan fingerprint density at radius 2 is 1.53 bits per heavy atom. The maximum Gasteiger partial charge on any atom is 0.216 e. The first kappa shape index (κ1) is 19.5. The third-order valence-electron chi connectivity index (χ3n) is 7.02. The van der Waals surface area contributed by atoms with Gasteiger partial charge in [0.1, 0.15) is 0 Å². The number of rotatable bonds is 2. The Bertz CT molecular complexity index is 2550. The molecule has 0 fully saturated rings. The van der Waals surface area contributed by atoms with E-state index in [1.807, 2.05) is 60.7 Å². The number of aromatic nitrogens is 3. The molecule has 0 aliphatic rings. The second-order valence-corrected chi connectivity index (χ2v) is 9.72. The van der Waals surface area contributed by atoms with E-state index in [0.29, 0.717) is 16.9 Å². The van der Waals surface area contributed by atoms with E-state index >= 15 is 0 Å². The monoisotopic (exact) mass is 743 g/mol. The van der Waals surface area contributed by atoms with Crippen LogP contribution in [0.25, 0.3) is 66.3 Å². The largest absolute Gasteiger partial charge is 0.486 e. The maximum absolute atomic E-state index is 7.86. The van der Waals surface area contributed by atoms with Crippen LogP contribution in [0.1, 0.15) is 29.0 Å². The molecule has 0 aliphatic heterocycles. The van der Waals surface area contributed by atoms with Crippen LogP contribution in [0.15, 0.2) is 114 Å². The first-order chi connectivity index (χ1) is 24.2. The molecule has 0 amide bonds. The van der Waals surface area contributed by atoms with E-state index in [-0.39, 0.29) is 42.5 Å². The molecule has 0 spiro atoms. The van der Waals surface area contributed by atoms with Gasteiger partial charge in [0.2, 0.25) is 5.71 Å². The summed E-state index contributed by atoms with van der Waals surface area (Å²) < 4.78 is 74.6. The summed E-state index contributed by atoms with van der Waals surface area (Å²) in [6.45, 7) is -7.31. The van der Waals surface area contributed by atoms with Crippen molar-refractivity contribution in [3.63, 3.8) is 0 Å². The number of fused-ring (bicyclic) bond motifs is 6. The average Bonchev–Trinajstić information content (AvgIpc) is 3.48. The maximum atomic E-state index is 7.86. The SMILES string of the molecule is [2H]C([2H])([2H])c1ccc(-c2[c-]cccc2)nc1.[2H]C([2H])([2H])c1cnc(-c2[c-]ccc3c2oc2nc4c(ccc5ccccc54)cc23)cc1C([2H])([2H])[2H].[Ir]. The van der Waals surface area contributed by atoms with E-state index in [2.05, 4.69) is 28.2 Å². The van der Waals surface area contributed by atoms with Crippen LogP contribution < -0.4 is 0 Å². The number of nitrogens with zero attached hydrogens (tertiary/aromatic N) is 3.